The first-order valence-electron chi connectivity index (χ1n) is 6.85. The summed E-state index contributed by atoms with van der Waals surface area (Å²) in [5.74, 6) is -1.02. The molecule has 1 N–H and O–H groups in total. The molecule has 106 valence electrons. The Hall–Kier alpha value is -0.510. The Morgan fingerprint density at radius 2 is 1.90 bits per heavy atom. The van der Waals surface area contributed by atoms with Gasteiger partial charge in [-0.2, -0.15) is 0 Å². The van der Waals surface area contributed by atoms with E-state index in [9.17, 15) is 15.0 Å². The molecule has 0 saturated heterocycles. The molecular weight excluding hydrogens is 263 g/mol. The number of aromatic carboxylic acids is 1. The van der Waals surface area contributed by atoms with E-state index in [1.807, 2.05) is 13.8 Å². The molecule has 0 aromatic heterocycles. The number of carboxylic acids is 1. The molecule has 1 rings (SSSR count). The fraction of sp³-hybridized carbons (Fsp3) is 0.562. The van der Waals surface area contributed by atoms with Crippen molar-refractivity contribution < 1.29 is 44.6 Å². The average Bonchev–Trinajstić information content (AvgIpc) is 2.28. The van der Waals surface area contributed by atoms with Gasteiger partial charge in [-0.05, 0) is 36.5 Å². The van der Waals surface area contributed by atoms with Gasteiger partial charge in [-0.3, -0.25) is 0 Å². The van der Waals surface area contributed by atoms with Crippen LogP contribution in [0.3, 0.4) is 0 Å². The molecule has 0 aliphatic rings. The number of hydrogen-bond donors (Lipinski definition) is 1. The second-order valence-electron chi connectivity index (χ2n) is 5.81. The molecule has 20 heavy (non-hydrogen) atoms. The van der Waals surface area contributed by atoms with Crippen LogP contribution in [0.25, 0.3) is 0 Å². The molecule has 3 nitrogen and oxygen atoms in total. The summed E-state index contributed by atoms with van der Waals surface area (Å²) in [6.45, 7) is 7.88. The molecule has 0 unspecified atom stereocenters. The Morgan fingerprint density at radius 1 is 1.30 bits per heavy atom. The zero-order valence-corrected chi connectivity index (χ0v) is 15.2. The van der Waals surface area contributed by atoms with Crippen LogP contribution in [0.1, 0.15) is 67.9 Å². The number of carbonyl (C=O) groups is 1. The molecule has 0 aliphatic carbocycles. The quantitative estimate of drug-likeness (QED) is 0.588. The van der Waals surface area contributed by atoms with Crippen LogP contribution < -0.4 is 34.7 Å². The summed E-state index contributed by atoms with van der Waals surface area (Å²) in [6, 6.07) is 3.08. The Labute approximate surface area is 143 Å². The van der Waals surface area contributed by atoms with E-state index in [0.717, 1.165) is 25.7 Å². The van der Waals surface area contributed by atoms with Crippen LogP contribution in [-0.4, -0.2) is 11.1 Å². The van der Waals surface area contributed by atoms with Gasteiger partial charge in [0.15, 0.2) is 0 Å². The van der Waals surface area contributed by atoms with Crippen molar-refractivity contribution >= 4 is 5.97 Å². The molecule has 0 heterocycles. The number of hydrogen-bond acceptors (Lipinski definition) is 3. The van der Waals surface area contributed by atoms with Crippen LogP contribution in [0, 0.1) is 6.92 Å². The zero-order valence-electron chi connectivity index (χ0n) is 13.2. The van der Waals surface area contributed by atoms with Gasteiger partial charge in [0.1, 0.15) is 5.75 Å². The molecule has 0 spiro atoms. The molecule has 0 radical (unpaired) electrons. The summed E-state index contributed by atoms with van der Waals surface area (Å²) >= 11 is 0. The molecule has 0 amide bonds. The Bertz CT molecular complexity index is 467. The van der Waals surface area contributed by atoms with Crippen molar-refractivity contribution in [2.45, 2.75) is 58.8 Å². The molecule has 0 atom stereocenters. The van der Waals surface area contributed by atoms with Crippen LogP contribution >= 0.6 is 0 Å². The number of phenols is 1. The third kappa shape index (κ3) is 4.80. The third-order valence-electron chi connectivity index (χ3n) is 3.70. The van der Waals surface area contributed by atoms with Gasteiger partial charge in [0.05, 0.1) is 5.97 Å². The smallest absolute Gasteiger partial charge is 0.545 e. The predicted octanol–water partition coefficient (Wildman–Crippen LogP) is -0.0740. The first kappa shape index (κ1) is 19.5. The summed E-state index contributed by atoms with van der Waals surface area (Å²) in [5, 5.41) is 21.2. The molecule has 0 bridgehead atoms. The van der Waals surface area contributed by atoms with Crippen molar-refractivity contribution in [3.05, 3.63) is 28.8 Å². The number of aromatic hydroxyl groups is 1. The van der Waals surface area contributed by atoms with Crippen LogP contribution in [0.4, 0.5) is 0 Å². The van der Waals surface area contributed by atoms with Gasteiger partial charge < -0.3 is 15.0 Å². The number of unbranched alkanes of at least 4 members (excludes halogenated alkanes) is 2. The summed E-state index contributed by atoms with van der Waals surface area (Å²) in [6.07, 6.45) is 4.27. The van der Waals surface area contributed by atoms with E-state index < -0.39 is 5.97 Å². The second kappa shape index (κ2) is 8.06. The van der Waals surface area contributed by atoms with E-state index in [4.69, 9.17) is 0 Å². The number of carboxylic acid groups (broad SMARTS) is 1. The average molecular weight is 286 g/mol. The van der Waals surface area contributed by atoms with E-state index >= 15 is 0 Å². The van der Waals surface area contributed by atoms with Gasteiger partial charge in [0, 0.05) is 11.1 Å². The minimum absolute atomic E-state index is 0. The predicted molar refractivity (Wildman–Crippen MR) is 74.3 cm³/mol. The number of aryl methyl sites for hydroxylation is 1. The molecular formula is C16H23NaO3. The Balaban J connectivity index is 0.00000361. The van der Waals surface area contributed by atoms with Crippen molar-refractivity contribution in [2.75, 3.05) is 0 Å². The van der Waals surface area contributed by atoms with Crippen molar-refractivity contribution in [3.63, 3.8) is 0 Å². The maximum atomic E-state index is 11.1. The molecule has 0 fully saturated rings. The fourth-order valence-electron chi connectivity index (χ4n) is 2.41. The molecule has 1 aromatic carbocycles. The van der Waals surface area contributed by atoms with Gasteiger partial charge in [0.25, 0.3) is 0 Å². The minimum Gasteiger partial charge on any atom is -0.545 e. The van der Waals surface area contributed by atoms with Gasteiger partial charge in [0.2, 0.25) is 0 Å². The van der Waals surface area contributed by atoms with Gasteiger partial charge in [-0.15, -0.1) is 0 Å². The summed E-state index contributed by atoms with van der Waals surface area (Å²) in [5.41, 5.74) is 1.15. The number of benzene rings is 1. The second-order valence-corrected chi connectivity index (χ2v) is 5.81. The van der Waals surface area contributed by atoms with E-state index in [1.54, 1.807) is 13.0 Å². The third-order valence-corrected chi connectivity index (χ3v) is 3.70. The number of carbonyl (C=O) groups excluding carboxylic acids is 1. The van der Waals surface area contributed by atoms with E-state index in [2.05, 4.69) is 6.92 Å². The van der Waals surface area contributed by atoms with E-state index in [0.29, 0.717) is 11.1 Å². The van der Waals surface area contributed by atoms with Crippen molar-refractivity contribution in [1.82, 2.24) is 0 Å². The summed E-state index contributed by atoms with van der Waals surface area (Å²) < 4.78 is 0. The molecule has 0 saturated carbocycles. The van der Waals surface area contributed by atoms with Crippen LogP contribution in [0.5, 0.6) is 5.75 Å². The maximum Gasteiger partial charge on any atom is 1.00 e. The van der Waals surface area contributed by atoms with Gasteiger partial charge >= 0.3 is 29.6 Å². The van der Waals surface area contributed by atoms with Crippen LogP contribution in [0.2, 0.25) is 0 Å². The Morgan fingerprint density at radius 3 is 2.40 bits per heavy atom. The molecule has 0 aliphatic heterocycles. The van der Waals surface area contributed by atoms with Crippen LogP contribution in [0.15, 0.2) is 12.1 Å². The van der Waals surface area contributed by atoms with Crippen LogP contribution in [-0.2, 0) is 5.41 Å². The fourth-order valence-corrected chi connectivity index (χ4v) is 2.41. The van der Waals surface area contributed by atoms with Crippen molar-refractivity contribution in [2.24, 2.45) is 0 Å². The number of phenolic OH excluding ortho intramolecular Hbond substituents is 1. The standard InChI is InChI=1S/C16H24O3.Na/c1-5-6-7-8-16(3,4)13-10-12(15(18)19)11(2)9-14(13)17;/h9-10,17H,5-8H2,1-4H3,(H,18,19);/q;+1/p-1. The first-order chi connectivity index (χ1) is 8.79. The van der Waals surface area contributed by atoms with Crippen molar-refractivity contribution in [3.8, 4) is 5.75 Å². The Kier molecular flexibility index (Phi) is 7.85. The number of rotatable bonds is 6. The van der Waals surface area contributed by atoms with E-state index in [-0.39, 0.29) is 46.3 Å². The topological polar surface area (TPSA) is 60.4 Å². The van der Waals surface area contributed by atoms with Crippen molar-refractivity contribution in [1.29, 1.82) is 0 Å². The maximum absolute atomic E-state index is 11.1. The summed E-state index contributed by atoms with van der Waals surface area (Å²) in [4.78, 5) is 11.1. The minimum atomic E-state index is -1.19. The largest absolute Gasteiger partial charge is 1.00 e. The SMILES string of the molecule is CCCCCC(C)(C)c1cc(C(=O)[O-])c(C)cc1O.[Na+]. The summed E-state index contributed by atoms with van der Waals surface area (Å²) in [7, 11) is 0. The van der Waals surface area contributed by atoms with E-state index in [1.165, 1.54) is 6.07 Å². The normalized spacial score (nSPS) is 11.0. The van der Waals surface area contributed by atoms with Gasteiger partial charge in [-0.1, -0.05) is 40.0 Å². The molecule has 4 heteroatoms. The first-order valence-corrected chi connectivity index (χ1v) is 6.85. The van der Waals surface area contributed by atoms with Gasteiger partial charge in [-0.25, -0.2) is 0 Å². The monoisotopic (exact) mass is 286 g/mol. The molecule has 1 aromatic rings. The zero-order chi connectivity index (χ0) is 14.6.